The summed E-state index contributed by atoms with van der Waals surface area (Å²) in [5.41, 5.74) is -0.287. The maximum absolute atomic E-state index is 12.1. The second kappa shape index (κ2) is 9.37. The van der Waals surface area contributed by atoms with E-state index in [0.717, 1.165) is 6.42 Å². The number of ether oxygens (including phenoxy) is 1. The van der Waals surface area contributed by atoms with E-state index in [2.05, 4.69) is 19.2 Å². The second-order valence-corrected chi connectivity index (χ2v) is 6.81. The summed E-state index contributed by atoms with van der Waals surface area (Å²) in [7, 11) is 0. The standard InChI is InChI=1S/C18H28N2O4/c1-5-6-7-9-14(2)19-18(3,4)13-24-17(21)15-10-8-11-16(12-15)20(22)23/h8,10-12,14,19H,5-7,9,13H2,1-4H3/t14-/m1/s1. The third-order valence-corrected chi connectivity index (χ3v) is 3.73. The van der Waals surface area contributed by atoms with E-state index in [1.807, 2.05) is 13.8 Å². The molecule has 1 atom stereocenters. The normalized spacial score (nSPS) is 12.7. The third kappa shape index (κ3) is 7.08. The summed E-state index contributed by atoms with van der Waals surface area (Å²) in [6, 6.07) is 5.91. The molecule has 0 unspecified atom stereocenters. The fourth-order valence-electron chi connectivity index (χ4n) is 2.56. The lowest BCUT2D eigenvalue weighted by molar-refractivity contribution is -0.384. The van der Waals surface area contributed by atoms with Crippen LogP contribution >= 0.6 is 0 Å². The number of benzene rings is 1. The molecule has 0 aliphatic carbocycles. The van der Waals surface area contributed by atoms with Crippen molar-refractivity contribution in [3.63, 3.8) is 0 Å². The first-order valence-corrected chi connectivity index (χ1v) is 8.44. The fourth-order valence-corrected chi connectivity index (χ4v) is 2.56. The molecule has 1 aromatic rings. The summed E-state index contributed by atoms with van der Waals surface area (Å²) < 4.78 is 5.33. The number of nitro groups is 1. The first-order valence-electron chi connectivity index (χ1n) is 8.44. The molecule has 0 aliphatic heterocycles. The third-order valence-electron chi connectivity index (χ3n) is 3.73. The van der Waals surface area contributed by atoms with Crippen molar-refractivity contribution < 1.29 is 14.5 Å². The van der Waals surface area contributed by atoms with Crippen molar-refractivity contribution in [2.45, 2.75) is 65.0 Å². The van der Waals surface area contributed by atoms with Gasteiger partial charge in [0.2, 0.25) is 0 Å². The van der Waals surface area contributed by atoms with E-state index in [0.29, 0.717) is 6.04 Å². The zero-order chi connectivity index (χ0) is 18.2. The molecule has 24 heavy (non-hydrogen) atoms. The predicted molar refractivity (Wildman–Crippen MR) is 94.2 cm³/mol. The second-order valence-electron chi connectivity index (χ2n) is 6.81. The van der Waals surface area contributed by atoms with Gasteiger partial charge in [-0.1, -0.05) is 32.3 Å². The molecule has 1 rings (SSSR count). The quantitative estimate of drug-likeness (QED) is 0.301. The molecule has 1 N–H and O–H groups in total. The van der Waals surface area contributed by atoms with Crippen LogP contribution in [-0.2, 0) is 4.74 Å². The summed E-state index contributed by atoms with van der Waals surface area (Å²) in [5, 5.41) is 14.2. The Hall–Kier alpha value is -1.95. The van der Waals surface area contributed by atoms with E-state index in [1.165, 1.54) is 43.5 Å². The molecule has 0 bridgehead atoms. The molecule has 0 spiro atoms. The Morgan fingerprint density at radius 3 is 2.71 bits per heavy atom. The van der Waals surface area contributed by atoms with Gasteiger partial charge in [0.15, 0.2) is 0 Å². The minimum atomic E-state index is -0.549. The van der Waals surface area contributed by atoms with Crippen LogP contribution in [0.5, 0.6) is 0 Å². The Balaban J connectivity index is 2.52. The highest BCUT2D eigenvalue weighted by molar-refractivity contribution is 5.90. The van der Waals surface area contributed by atoms with Gasteiger partial charge in [-0.05, 0) is 33.3 Å². The van der Waals surface area contributed by atoms with E-state index < -0.39 is 10.9 Å². The summed E-state index contributed by atoms with van der Waals surface area (Å²) in [4.78, 5) is 22.3. The molecule has 0 saturated heterocycles. The van der Waals surface area contributed by atoms with Crippen LogP contribution in [0.1, 0.15) is 63.7 Å². The molecular weight excluding hydrogens is 308 g/mol. The van der Waals surface area contributed by atoms with Gasteiger partial charge in [0.1, 0.15) is 6.61 Å². The number of carbonyl (C=O) groups is 1. The van der Waals surface area contributed by atoms with Gasteiger partial charge in [-0.2, -0.15) is 0 Å². The number of carbonyl (C=O) groups excluding carboxylic acids is 1. The topological polar surface area (TPSA) is 81.5 Å². The maximum Gasteiger partial charge on any atom is 0.338 e. The van der Waals surface area contributed by atoms with Crippen molar-refractivity contribution in [2.24, 2.45) is 0 Å². The van der Waals surface area contributed by atoms with Crippen molar-refractivity contribution in [3.8, 4) is 0 Å². The first kappa shape index (κ1) is 20.1. The molecule has 0 aromatic heterocycles. The van der Waals surface area contributed by atoms with Crippen LogP contribution in [0.3, 0.4) is 0 Å². The van der Waals surface area contributed by atoms with Gasteiger partial charge in [-0.3, -0.25) is 10.1 Å². The van der Waals surface area contributed by atoms with Crippen LogP contribution in [0.15, 0.2) is 24.3 Å². The van der Waals surface area contributed by atoms with Gasteiger partial charge >= 0.3 is 5.97 Å². The van der Waals surface area contributed by atoms with Gasteiger partial charge in [-0.25, -0.2) is 4.79 Å². The number of nitro benzene ring substituents is 1. The maximum atomic E-state index is 12.1. The van der Waals surface area contributed by atoms with Crippen LogP contribution in [0.2, 0.25) is 0 Å². The fraction of sp³-hybridized carbons (Fsp3) is 0.611. The number of nitrogens with zero attached hydrogens (tertiary/aromatic N) is 1. The minimum absolute atomic E-state index is 0.119. The number of rotatable bonds is 10. The van der Waals surface area contributed by atoms with E-state index in [4.69, 9.17) is 4.74 Å². The summed E-state index contributed by atoms with van der Waals surface area (Å²) in [6.45, 7) is 8.45. The Bertz CT molecular complexity index is 558. The van der Waals surface area contributed by atoms with Crippen LogP contribution in [0.25, 0.3) is 0 Å². The van der Waals surface area contributed by atoms with Crippen molar-refractivity contribution in [3.05, 3.63) is 39.9 Å². The van der Waals surface area contributed by atoms with E-state index in [9.17, 15) is 14.9 Å². The van der Waals surface area contributed by atoms with Crippen molar-refractivity contribution >= 4 is 11.7 Å². The lowest BCUT2D eigenvalue weighted by atomic mass is 10.0. The zero-order valence-electron chi connectivity index (χ0n) is 15.0. The Morgan fingerprint density at radius 1 is 1.38 bits per heavy atom. The van der Waals surface area contributed by atoms with E-state index in [1.54, 1.807) is 0 Å². The molecule has 0 radical (unpaired) electrons. The smallest absolute Gasteiger partial charge is 0.338 e. The summed E-state index contributed by atoms with van der Waals surface area (Å²) >= 11 is 0. The van der Waals surface area contributed by atoms with Gasteiger partial charge in [0.05, 0.1) is 10.5 Å². The molecule has 1 aromatic carbocycles. The molecular formula is C18H28N2O4. The van der Waals surface area contributed by atoms with Crippen LogP contribution in [-0.4, -0.2) is 29.1 Å². The lowest BCUT2D eigenvalue weighted by Gasteiger charge is -2.30. The van der Waals surface area contributed by atoms with E-state index in [-0.39, 0.29) is 23.4 Å². The van der Waals surface area contributed by atoms with Crippen molar-refractivity contribution in [2.75, 3.05) is 6.61 Å². The monoisotopic (exact) mass is 336 g/mol. The first-order chi connectivity index (χ1) is 11.2. The summed E-state index contributed by atoms with van der Waals surface area (Å²) in [5.74, 6) is -0.549. The highest BCUT2D eigenvalue weighted by atomic mass is 16.6. The number of non-ortho nitro benzene ring substituents is 1. The van der Waals surface area contributed by atoms with Crippen molar-refractivity contribution in [1.29, 1.82) is 0 Å². The number of unbranched alkanes of at least 4 members (excludes halogenated alkanes) is 2. The molecule has 6 heteroatoms. The van der Waals surface area contributed by atoms with Gasteiger partial charge in [0.25, 0.3) is 5.69 Å². The highest BCUT2D eigenvalue weighted by Crippen LogP contribution is 2.15. The zero-order valence-corrected chi connectivity index (χ0v) is 15.0. The minimum Gasteiger partial charge on any atom is -0.460 e. The van der Waals surface area contributed by atoms with Crippen LogP contribution in [0.4, 0.5) is 5.69 Å². The molecule has 0 saturated carbocycles. The largest absolute Gasteiger partial charge is 0.460 e. The summed E-state index contributed by atoms with van der Waals surface area (Å²) in [6.07, 6.45) is 4.66. The number of hydrogen-bond donors (Lipinski definition) is 1. The number of hydrogen-bond acceptors (Lipinski definition) is 5. The molecule has 0 fully saturated rings. The molecule has 6 nitrogen and oxygen atoms in total. The predicted octanol–water partition coefficient (Wildman–Crippen LogP) is 4.09. The Labute approximate surface area is 143 Å². The van der Waals surface area contributed by atoms with Crippen LogP contribution in [0, 0.1) is 10.1 Å². The highest BCUT2D eigenvalue weighted by Gasteiger charge is 2.23. The van der Waals surface area contributed by atoms with Crippen LogP contribution < -0.4 is 5.32 Å². The lowest BCUT2D eigenvalue weighted by Crippen LogP contribution is -2.48. The Kier molecular flexibility index (Phi) is 7.85. The van der Waals surface area contributed by atoms with Gasteiger partial charge in [0, 0.05) is 23.7 Å². The average molecular weight is 336 g/mol. The van der Waals surface area contributed by atoms with Crippen molar-refractivity contribution in [1.82, 2.24) is 5.32 Å². The van der Waals surface area contributed by atoms with E-state index >= 15 is 0 Å². The van der Waals surface area contributed by atoms with Gasteiger partial charge in [-0.15, -0.1) is 0 Å². The molecule has 0 aliphatic rings. The molecule has 0 heterocycles. The SMILES string of the molecule is CCCCC[C@@H](C)NC(C)(C)COC(=O)c1cccc([N+](=O)[O-])c1. The average Bonchev–Trinajstić information content (AvgIpc) is 2.52. The number of esters is 1. The Morgan fingerprint density at radius 2 is 2.08 bits per heavy atom. The van der Waals surface area contributed by atoms with Gasteiger partial charge < -0.3 is 10.1 Å². The molecule has 134 valence electrons. The number of nitrogens with one attached hydrogen (secondary N) is 1. The molecule has 0 amide bonds.